The number of carbonyl (C=O) groups excluding carboxylic acids is 1. The first-order chi connectivity index (χ1) is 14.6. The highest BCUT2D eigenvalue weighted by molar-refractivity contribution is 5.92. The highest BCUT2D eigenvalue weighted by Crippen LogP contribution is 2.38. The zero-order valence-electron chi connectivity index (χ0n) is 17.9. The minimum atomic E-state index is 0.0120. The van der Waals surface area contributed by atoms with E-state index in [0.717, 1.165) is 37.1 Å². The second-order valence-corrected chi connectivity index (χ2v) is 7.34. The molecule has 0 saturated carbocycles. The van der Waals surface area contributed by atoms with Crippen LogP contribution in [0.3, 0.4) is 0 Å². The fraction of sp³-hybridized carbons (Fsp3) is 0.375. The van der Waals surface area contributed by atoms with E-state index >= 15 is 0 Å². The predicted octanol–water partition coefficient (Wildman–Crippen LogP) is 3.59. The standard InChI is InChI=1S/C24H30N2O4/c1-28-21-14-17(15-22(29-2)24(21)30-3)7-8-23(27)26-11-9-19(10-12-26)20-6-4-5-18(13-20)16-25/h4-8,13-15,19H,9-12,16,25H2,1-3H3/b8-7+. The van der Waals surface area contributed by atoms with E-state index in [1.165, 1.54) is 5.56 Å². The number of carbonyl (C=O) groups is 1. The molecule has 6 nitrogen and oxygen atoms in total. The van der Waals surface area contributed by atoms with Gasteiger partial charge in [-0.3, -0.25) is 4.79 Å². The minimum Gasteiger partial charge on any atom is -0.493 e. The summed E-state index contributed by atoms with van der Waals surface area (Å²) in [5, 5.41) is 0. The van der Waals surface area contributed by atoms with Gasteiger partial charge in [0.15, 0.2) is 11.5 Å². The topological polar surface area (TPSA) is 74.0 Å². The minimum absolute atomic E-state index is 0.0120. The number of nitrogens with two attached hydrogens (primary N) is 1. The number of likely N-dealkylation sites (tertiary alicyclic amines) is 1. The van der Waals surface area contributed by atoms with Crippen molar-refractivity contribution in [2.24, 2.45) is 5.73 Å². The van der Waals surface area contributed by atoms with E-state index in [1.807, 2.05) is 17.0 Å². The van der Waals surface area contributed by atoms with Crippen LogP contribution in [0, 0.1) is 0 Å². The summed E-state index contributed by atoms with van der Waals surface area (Å²) in [7, 11) is 4.71. The summed E-state index contributed by atoms with van der Waals surface area (Å²) in [4.78, 5) is 14.6. The van der Waals surface area contributed by atoms with Gasteiger partial charge in [-0.2, -0.15) is 0 Å². The number of hydrogen-bond donors (Lipinski definition) is 1. The third kappa shape index (κ3) is 4.94. The quantitative estimate of drug-likeness (QED) is 0.706. The van der Waals surface area contributed by atoms with Crippen molar-refractivity contribution in [3.8, 4) is 17.2 Å². The molecule has 0 spiro atoms. The number of ether oxygens (including phenoxy) is 3. The van der Waals surface area contributed by atoms with Crippen molar-refractivity contribution in [1.29, 1.82) is 0 Å². The van der Waals surface area contributed by atoms with Gasteiger partial charge < -0.3 is 24.8 Å². The smallest absolute Gasteiger partial charge is 0.246 e. The van der Waals surface area contributed by atoms with Crippen LogP contribution in [0.25, 0.3) is 6.08 Å². The van der Waals surface area contributed by atoms with Gasteiger partial charge in [-0.1, -0.05) is 24.3 Å². The molecule has 0 atom stereocenters. The maximum absolute atomic E-state index is 12.7. The monoisotopic (exact) mass is 410 g/mol. The average molecular weight is 411 g/mol. The third-order valence-electron chi connectivity index (χ3n) is 5.57. The van der Waals surface area contributed by atoms with E-state index in [-0.39, 0.29) is 5.91 Å². The van der Waals surface area contributed by atoms with E-state index in [9.17, 15) is 4.79 Å². The molecular formula is C24H30N2O4. The Hall–Kier alpha value is -2.99. The molecule has 3 rings (SSSR count). The molecule has 1 heterocycles. The molecule has 2 N–H and O–H groups in total. The summed E-state index contributed by atoms with van der Waals surface area (Å²) in [6.07, 6.45) is 5.30. The average Bonchev–Trinajstić information content (AvgIpc) is 2.81. The highest BCUT2D eigenvalue weighted by atomic mass is 16.5. The number of rotatable bonds is 7. The number of benzene rings is 2. The Bertz CT molecular complexity index is 877. The number of piperidine rings is 1. The van der Waals surface area contributed by atoms with Crippen LogP contribution < -0.4 is 19.9 Å². The van der Waals surface area contributed by atoms with Crippen LogP contribution in [0.5, 0.6) is 17.2 Å². The van der Waals surface area contributed by atoms with Crippen LogP contribution in [0.2, 0.25) is 0 Å². The molecule has 2 aromatic carbocycles. The maximum Gasteiger partial charge on any atom is 0.246 e. The lowest BCUT2D eigenvalue weighted by molar-refractivity contribution is -0.126. The van der Waals surface area contributed by atoms with Gasteiger partial charge in [0.05, 0.1) is 21.3 Å². The first-order valence-electron chi connectivity index (χ1n) is 10.2. The van der Waals surface area contributed by atoms with Crippen molar-refractivity contribution in [3.05, 3.63) is 59.2 Å². The van der Waals surface area contributed by atoms with Gasteiger partial charge in [0.25, 0.3) is 0 Å². The van der Waals surface area contributed by atoms with Crippen LogP contribution in [0.4, 0.5) is 0 Å². The predicted molar refractivity (Wildman–Crippen MR) is 118 cm³/mol. The number of hydrogen-bond acceptors (Lipinski definition) is 5. The Morgan fingerprint density at radius 3 is 2.30 bits per heavy atom. The molecule has 0 aromatic heterocycles. The Labute approximate surface area is 178 Å². The van der Waals surface area contributed by atoms with Gasteiger partial charge in [-0.15, -0.1) is 0 Å². The molecule has 1 aliphatic heterocycles. The fourth-order valence-electron chi connectivity index (χ4n) is 3.88. The molecule has 1 amide bonds. The van der Waals surface area contributed by atoms with Gasteiger partial charge in [0.2, 0.25) is 11.7 Å². The Kier molecular flexibility index (Phi) is 7.36. The summed E-state index contributed by atoms with van der Waals surface area (Å²) < 4.78 is 16.1. The van der Waals surface area contributed by atoms with Gasteiger partial charge >= 0.3 is 0 Å². The Morgan fingerprint density at radius 2 is 1.73 bits per heavy atom. The lowest BCUT2D eigenvalue weighted by Gasteiger charge is -2.31. The van der Waals surface area contributed by atoms with Gasteiger partial charge in [-0.25, -0.2) is 0 Å². The van der Waals surface area contributed by atoms with Gasteiger partial charge in [0.1, 0.15) is 0 Å². The second kappa shape index (κ2) is 10.2. The van der Waals surface area contributed by atoms with E-state index < -0.39 is 0 Å². The van der Waals surface area contributed by atoms with Crippen LogP contribution in [0.15, 0.2) is 42.5 Å². The molecule has 1 aliphatic rings. The summed E-state index contributed by atoms with van der Waals surface area (Å²) in [6.45, 7) is 2.04. The normalized spacial score (nSPS) is 14.7. The SMILES string of the molecule is COc1cc(/C=C/C(=O)N2CCC(c3cccc(CN)c3)CC2)cc(OC)c1OC. The molecule has 1 fully saturated rings. The molecule has 0 unspecified atom stereocenters. The zero-order chi connectivity index (χ0) is 21.5. The molecule has 6 heteroatoms. The van der Waals surface area contributed by atoms with Crippen LogP contribution in [-0.4, -0.2) is 45.2 Å². The van der Waals surface area contributed by atoms with E-state index in [1.54, 1.807) is 33.5 Å². The first-order valence-corrected chi connectivity index (χ1v) is 10.2. The third-order valence-corrected chi connectivity index (χ3v) is 5.57. The van der Waals surface area contributed by atoms with Crippen molar-refractivity contribution < 1.29 is 19.0 Å². The summed E-state index contributed by atoms with van der Waals surface area (Å²) >= 11 is 0. The maximum atomic E-state index is 12.7. The van der Waals surface area contributed by atoms with Crippen molar-refractivity contribution in [2.45, 2.75) is 25.3 Å². The van der Waals surface area contributed by atoms with E-state index in [2.05, 4.69) is 24.3 Å². The largest absolute Gasteiger partial charge is 0.493 e. The van der Waals surface area contributed by atoms with Crippen LogP contribution in [-0.2, 0) is 11.3 Å². The molecule has 160 valence electrons. The van der Waals surface area contributed by atoms with Gasteiger partial charge in [-0.05, 0) is 53.7 Å². The van der Waals surface area contributed by atoms with E-state index in [0.29, 0.717) is 29.7 Å². The van der Waals surface area contributed by atoms with Gasteiger partial charge in [0, 0.05) is 25.7 Å². The molecular weight excluding hydrogens is 380 g/mol. The number of amides is 1. The van der Waals surface area contributed by atoms with Crippen LogP contribution in [0.1, 0.15) is 35.4 Å². The molecule has 2 aromatic rings. The molecule has 0 radical (unpaired) electrons. The molecule has 0 bridgehead atoms. The van der Waals surface area contributed by atoms with Crippen LogP contribution >= 0.6 is 0 Å². The Balaban J connectivity index is 1.64. The summed E-state index contributed by atoms with van der Waals surface area (Å²) in [5.41, 5.74) is 9.04. The van der Waals surface area contributed by atoms with Crippen molar-refractivity contribution in [1.82, 2.24) is 4.90 Å². The zero-order valence-corrected chi connectivity index (χ0v) is 17.9. The first kappa shape index (κ1) is 21.7. The number of nitrogens with zero attached hydrogens (tertiary/aromatic N) is 1. The molecule has 1 saturated heterocycles. The lowest BCUT2D eigenvalue weighted by Crippen LogP contribution is -2.36. The number of methoxy groups -OCH3 is 3. The van der Waals surface area contributed by atoms with E-state index in [4.69, 9.17) is 19.9 Å². The fourth-order valence-corrected chi connectivity index (χ4v) is 3.88. The Morgan fingerprint density at radius 1 is 1.07 bits per heavy atom. The second-order valence-electron chi connectivity index (χ2n) is 7.34. The van der Waals surface area contributed by atoms with Crippen molar-refractivity contribution in [3.63, 3.8) is 0 Å². The highest BCUT2D eigenvalue weighted by Gasteiger charge is 2.23. The summed E-state index contributed by atoms with van der Waals surface area (Å²) in [5.74, 6) is 2.13. The molecule has 30 heavy (non-hydrogen) atoms. The molecule has 0 aliphatic carbocycles. The summed E-state index contributed by atoms with van der Waals surface area (Å²) in [6, 6.07) is 12.1. The lowest BCUT2D eigenvalue weighted by atomic mass is 9.88. The van der Waals surface area contributed by atoms with Crippen molar-refractivity contribution in [2.75, 3.05) is 34.4 Å². The van der Waals surface area contributed by atoms with Crippen molar-refractivity contribution >= 4 is 12.0 Å².